The highest BCUT2D eigenvalue weighted by molar-refractivity contribution is 6.31. The van der Waals surface area contributed by atoms with E-state index < -0.39 is 0 Å². The van der Waals surface area contributed by atoms with Crippen LogP contribution in [0.5, 0.6) is 5.75 Å². The number of rotatable bonds is 1. The fraction of sp³-hybridized carbons (Fsp3) is 0. The first-order valence-corrected chi connectivity index (χ1v) is 6.04. The van der Waals surface area contributed by atoms with E-state index in [1.807, 2.05) is 0 Å². The topological polar surface area (TPSA) is 50.4 Å². The molecule has 2 aromatic carbocycles. The van der Waals surface area contributed by atoms with Gasteiger partial charge in [-0.1, -0.05) is 11.6 Å². The second-order valence-electron chi connectivity index (χ2n) is 4.16. The van der Waals surface area contributed by atoms with Gasteiger partial charge in [0.1, 0.15) is 17.1 Å². The molecule has 0 saturated heterocycles. The van der Waals surface area contributed by atoms with Crippen molar-refractivity contribution in [2.24, 2.45) is 0 Å². The van der Waals surface area contributed by atoms with Gasteiger partial charge in [-0.15, -0.1) is 0 Å². The third-order valence-electron chi connectivity index (χ3n) is 2.84. The van der Waals surface area contributed by atoms with Crippen LogP contribution in [0.25, 0.3) is 22.3 Å². The van der Waals surface area contributed by atoms with Crippen molar-refractivity contribution in [2.45, 2.75) is 0 Å². The summed E-state index contributed by atoms with van der Waals surface area (Å²) in [6.07, 6.45) is 0. The van der Waals surface area contributed by atoms with Gasteiger partial charge in [0.05, 0.1) is 5.39 Å². The van der Waals surface area contributed by atoms with E-state index in [1.54, 1.807) is 42.5 Å². The molecule has 4 heteroatoms. The Labute approximate surface area is 113 Å². The third-order valence-corrected chi connectivity index (χ3v) is 3.08. The second-order valence-corrected chi connectivity index (χ2v) is 4.60. The Hall–Kier alpha value is -2.26. The molecule has 0 amide bonds. The molecule has 0 radical (unpaired) electrons. The molecule has 1 aromatic heterocycles. The van der Waals surface area contributed by atoms with Crippen molar-refractivity contribution >= 4 is 22.6 Å². The largest absolute Gasteiger partial charge is 0.508 e. The zero-order chi connectivity index (χ0) is 13.4. The molecule has 94 valence electrons. The Morgan fingerprint density at radius 1 is 1.00 bits per heavy atom. The average Bonchev–Trinajstić information content (AvgIpc) is 2.40. The van der Waals surface area contributed by atoms with E-state index in [9.17, 15) is 9.90 Å². The van der Waals surface area contributed by atoms with E-state index in [0.717, 1.165) is 5.56 Å². The maximum atomic E-state index is 12.0. The van der Waals surface area contributed by atoms with Gasteiger partial charge in [0, 0.05) is 16.7 Å². The summed E-state index contributed by atoms with van der Waals surface area (Å²) in [5.74, 6) is 0.624. The Balaban J connectivity index is 2.24. The molecule has 1 N–H and O–H groups in total. The lowest BCUT2D eigenvalue weighted by Gasteiger charge is -2.03. The first kappa shape index (κ1) is 11.8. The maximum absolute atomic E-state index is 12.0. The summed E-state index contributed by atoms with van der Waals surface area (Å²) in [7, 11) is 0. The van der Waals surface area contributed by atoms with Crippen LogP contribution in [0.3, 0.4) is 0 Å². The van der Waals surface area contributed by atoms with Crippen molar-refractivity contribution < 1.29 is 9.52 Å². The zero-order valence-corrected chi connectivity index (χ0v) is 10.5. The molecule has 19 heavy (non-hydrogen) atoms. The lowest BCUT2D eigenvalue weighted by atomic mass is 10.1. The highest BCUT2D eigenvalue weighted by Gasteiger charge is 2.07. The van der Waals surface area contributed by atoms with Gasteiger partial charge in [0.15, 0.2) is 5.43 Å². The number of benzene rings is 2. The number of fused-ring (bicyclic) bond motifs is 1. The van der Waals surface area contributed by atoms with Crippen LogP contribution in [0, 0.1) is 0 Å². The summed E-state index contributed by atoms with van der Waals surface area (Å²) >= 11 is 5.86. The number of phenolic OH excluding ortho intramolecular Hbond substituents is 1. The summed E-state index contributed by atoms with van der Waals surface area (Å²) in [5, 5.41) is 10.2. The quantitative estimate of drug-likeness (QED) is 0.733. The number of hydrogen-bond acceptors (Lipinski definition) is 3. The van der Waals surface area contributed by atoms with Crippen LogP contribution in [0.15, 0.2) is 57.7 Å². The molecule has 0 unspecified atom stereocenters. The fourth-order valence-corrected chi connectivity index (χ4v) is 2.07. The predicted octanol–water partition coefficient (Wildman–Crippen LogP) is 3.82. The third kappa shape index (κ3) is 2.20. The molecule has 3 rings (SSSR count). The van der Waals surface area contributed by atoms with E-state index in [-0.39, 0.29) is 11.2 Å². The van der Waals surface area contributed by atoms with Crippen molar-refractivity contribution in [3.63, 3.8) is 0 Å². The normalized spacial score (nSPS) is 10.8. The van der Waals surface area contributed by atoms with Crippen LogP contribution >= 0.6 is 11.6 Å². The molecule has 0 fully saturated rings. The molecule has 0 aliphatic carbocycles. The van der Waals surface area contributed by atoms with Gasteiger partial charge in [-0.2, -0.15) is 0 Å². The smallest absolute Gasteiger partial charge is 0.193 e. The van der Waals surface area contributed by atoms with Crippen molar-refractivity contribution in [3.05, 3.63) is 63.8 Å². The van der Waals surface area contributed by atoms with Gasteiger partial charge in [-0.25, -0.2) is 0 Å². The second kappa shape index (κ2) is 4.44. The monoisotopic (exact) mass is 272 g/mol. The average molecular weight is 273 g/mol. The summed E-state index contributed by atoms with van der Waals surface area (Å²) in [6.45, 7) is 0. The molecular weight excluding hydrogens is 264 g/mol. The molecule has 0 bridgehead atoms. The number of halogens is 1. The first-order valence-electron chi connectivity index (χ1n) is 5.66. The van der Waals surface area contributed by atoms with Gasteiger partial charge in [0.2, 0.25) is 0 Å². The van der Waals surface area contributed by atoms with Crippen LogP contribution in [0.2, 0.25) is 5.02 Å². The molecule has 1 heterocycles. The predicted molar refractivity (Wildman–Crippen MR) is 74.6 cm³/mol. The molecule has 3 nitrogen and oxygen atoms in total. The molecule has 0 atom stereocenters. The van der Waals surface area contributed by atoms with Gasteiger partial charge in [-0.05, 0) is 42.5 Å². The Morgan fingerprint density at radius 2 is 1.74 bits per heavy atom. The Kier molecular flexibility index (Phi) is 2.76. The summed E-state index contributed by atoms with van der Waals surface area (Å²) < 4.78 is 5.68. The molecule has 0 spiro atoms. The van der Waals surface area contributed by atoms with E-state index >= 15 is 0 Å². The van der Waals surface area contributed by atoms with E-state index in [2.05, 4.69) is 0 Å². The molecule has 3 aromatic rings. The van der Waals surface area contributed by atoms with Crippen LogP contribution in [0.1, 0.15) is 0 Å². The summed E-state index contributed by atoms with van der Waals surface area (Å²) in [5.41, 5.74) is 1.07. The molecule has 0 saturated carbocycles. The highest BCUT2D eigenvalue weighted by Crippen LogP contribution is 2.25. The Morgan fingerprint density at radius 3 is 2.47 bits per heavy atom. The zero-order valence-electron chi connectivity index (χ0n) is 9.76. The van der Waals surface area contributed by atoms with Crippen LogP contribution in [-0.4, -0.2) is 5.11 Å². The number of hydrogen-bond donors (Lipinski definition) is 1. The van der Waals surface area contributed by atoms with Crippen molar-refractivity contribution in [1.82, 2.24) is 0 Å². The van der Waals surface area contributed by atoms with E-state index in [1.165, 1.54) is 6.07 Å². The standard InChI is InChI=1S/C15H9ClO3/c16-10-3-6-14-12(7-10)13(18)8-15(19-14)9-1-4-11(17)5-2-9/h1-8,17H. The molecule has 0 aliphatic rings. The SMILES string of the molecule is O=c1cc(-c2ccc(O)cc2)oc2ccc(Cl)cc12. The minimum atomic E-state index is -0.146. The van der Waals surface area contributed by atoms with E-state index in [0.29, 0.717) is 21.8 Å². The first-order chi connectivity index (χ1) is 9.13. The highest BCUT2D eigenvalue weighted by atomic mass is 35.5. The molecular formula is C15H9ClO3. The number of phenols is 1. The Bertz CT molecular complexity index is 804. The summed E-state index contributed by atoms with van der Waals surface area (Å²) in [6, 6.07) is 12.8. The van der Waals surface area contributed by atoms with Crippen molar-refractivity contribution in [3.8, 4) is 17.1 Å². The van der Waals surface area contributed by atoms with Crippen LogP contribution in [0.4, 0.5) is 0 Å². The van der Waals surface area contributed by atoms with Crippen molar-refractivity contribution in [1.29, 1.82) is 0 Å². The van der Waals surface area contributed by atoms with Gasteiger partial charge in [0.25, 0.3) is 0 Å². The van der Waals surface area contributed by atoms with Crippen LogP contribution in [-0.2, 0) is 0 Å². The molecule has 0 aliphatic heterocycles. The van der Waals surface area contributed by atoms with Crippen LogP contribution < -0.4 is 5.43 Å². The lowest BCUT2D eigenvalue weighted by Crippen LogP contribution is -2.00. The minimum Gasteiger partial charge on any atom is -0.508 e. The maximum Gasteiger partial charge on any atom is 0.193 e. The summed E-state index contributed by atoms with van der Waals surface area (Å²) in [4.78, 5) is 12.0. The van der Waals surface area contributed by atoms with Gasteiger partial charge in [-0.3, -0.25) is 4.79 Å². The van der Waals surface area contributed by atoms with Crippen molar-refractivity contribution in [2.75, 3.05) is 0 Å². The number of aromatic hydroxyl groups is 1. The fourth-order valence-electron chi connectivity index (χ4n) is 1.90. The van der Waals surface area contributed by atoms with Gasteiger partial charge >= 0.3 is 0 Å². The van der Waals surface area contributed by atoms with E-state index in [4.69, 9.17) is 16.0 Å². The lowest BCUT2D eigenvalue weighted by molar-refractivity contribution is 0.475. The minimum absolute atomic E-state index is 0.146. The van der Waals surface area contributed by atoms with Gasteiger partial charge < -0.3 is 9.52 Å².